The highest BCUT2D eigenvalue weighted by Gasteiger charge is 2.34. The molecule has 7 heteroatoms. The van der Waals surface area contributed by atoms with Gasteiger partial charge in [-0.25, -0.2) is 0 Å². The average molecular weight is 493 g/mol. The largest absolute Gasteiger partial charge is 0.497 e. The van der Waals surface area contributed by atoms with Gasteiger partial charge in [0.25, 0.3) is 0 Å². The highest BCUT2D eigenvalue weighted by molar-refractivity contribution is 7.10. The van der Waals surface area contributed by atoms with E-state index in [4.69, 9.17) is 9.47 Å². The molecule has 184 valence electrons. The molecule has 1 atom stereocenters. The Bertz CT molecular complexity index is 1110. The topological polar surface area (TPSA) is 67.9 Å². The Morgan fingerprint density at radius 3 is 2.37 bits per heavy atom. The van der Waals surface area contributed by atoms with E-state index in [1.54, 1.807) is 19.1 Å². The van der Waals surface area contributed by atoms with Crippen LogP contribution in [0.15, 0.2) is 66.0 Å². The second-order valence-electron chi connectivity index (χ2n) is 8.74. The van der Waals surface area contributed by atoms with Crippen molar-refractivity contribution in [2.24, 2.45) is 0 Å². The zero-order valence-electron chi connectivity index (χ0n) is 20.2. The first-order chi connectivity index (χ1) is 17.1. The fourth-order valence-electron chi connectivity index (χ4n) is 4.58. The molecule has 1 aliphatic carbocycles. The predicted molar refractivity (Wildman–Crippen MR) is 139 cm³/mol. The Hall–Kier alpha value is -3.32. The molecule has 1 fully saturated rings. The Morgan fingerprint density at radius 1 is 0.971 bits per heavy atom. The molecule has 1 aromatic heterocycles. The normalized spacial score (nSPS) is 14.7. The lowest BCUT2D eigenvalue weighted by molar-refractivity contribution is -0.127. The molecule has 1 heterocycles. The Balaban J connectivity index is 1.76. The molecule has 0 spiro atoms. The van der Waals surface area contributed by atoms with Crippen molar-refractivity contribution in [3.05, 3.63) is 76.5 Å². The van der Waals surface area contributed by atoms with E-state index in [9.17, 15) is 9.59 Å². The van der Waals surface area contributed by atoms with E-state index in [1.165, 1.54) is 17.8 Å². The summed E-state index contributed by atoms with van der Waals surface area (Å²) in [6.45, 7) is 0. The number of methoxy groups -OCH3 is 2. The van der Waals surface area contributed by atoms with Crippen molar-refractivity contribution in [1.29, 1.82) is 0 Å². The van der Waals surface area contributed by atoms with Crippen LogP contribution in [0.2, 0.25) is 0 Å². The Kier molecular flexibility index (Phi) is 8.42. The zero-order valence-corrected chi connectivity index (χ0v) is 21.1. The number of benzene rings is 2. The number of carbonyl (C=O) groups excluding carboxylic acids is 2. The lowest BCUT2D eigenvalue weighted by atomic mass is 9.94. The van der Waals surface area contributed by atoms with Gasteiger partial charge in [0.15, 0.2) is 0 Å². The minimum atomic E-state index is -0.840. The van der Waals surface area contributed by atoms with Crippen molar-refractivity contribution in [3.63, 3.8) is 0 Å². The number of nitrogens with one attached hydrogen (secondary N) is 1. The summed E-state index contributed by atoms with van der Waals surface area (Å²) in [5.74, 6) is 0.993. The van der Waals surface area contributed by atoms with Gasteiger partial charge in [-0.2, -0.15) is 0 Å². The lowest BCUT2D eigenvalue weighted by Gasteiger charge is -2.33. The van der Waals surface area contributed by atoms with Crippen LogP contribution < -0.4 is 19.7 Å². The monoisotopic (exact) mass is 492 g/mol. The van der Waals surface area contributed by atoms with Gasteiger partial charge in [-0.3, -0.25) is 14.5 Å². The predicted octanol–water partition coefficient (Wildman–Crippen LogP) is 5.53. The molecule has 2 amide bonds. The van der Waals surface area contributed by atoms with Crippen LogP contribution in [0.4, 0.5) is 5.69 Å². The van der Waals surface area contributed by atoms with E-state index in [0.717, 1.165) is 30.6 Å². The quantitative estimate of drug-likeness (QED) is 0.426. The van der Waals surface area contributed by atoms with Gasteiger partial charge in [-0.15, -0.1) is 11.3 Å². The zero-order chi connectivity index (χ0) is 24.6. The van der Waals surface area contributed by atoms with Gasteiger partial charge in [0.1, 0.15) is 17.5 Å². The average Bonchev–Trinajstić information content (AvgIpc) is 3.40. The molecule has 0 aliphatic heterocycles. The Labute approximate surface area is 210 Å². The summed E-state index contributed by atoms with van der Waals surface area (Å²) < 4.78 is 10.8. The van der Waals surface area contributed by atoms with E-state index in [2.05, 4.69) is 5.32 Å². The summed E-state index contributed by atoms with van der Waals surface area (Å²) in [7, 11) is 3.20. The summed E-state index contributed by atoms with van der Waals surface area (Å²) >= 11 is 1.53. The van der Waals surface area contributed by atoms with Crippen LogP contribution in [0, 0.1) is 0 Å². The fraction of sp³-hybridized carbons (Fsp3) is 0.357. The van der Waals surface area contributed by atoms with E-state index in [-0.39, 0.29) is 24.3 Å². The fourth-order valence-corrected chi connectivity index (χ4v) is 5.28. The van der Waals surface area contributed by atoms with E-state index < -0.39 is 6.04 Å². The number of amides is 2. The van der Waals surface area contributed by atoms with Crippen LogP contribution in [0.5, 0.6) is 11.5 Å². The van der Waals surface area contributed by atoms with Gasteiger partial charge in [-0.1, -0.05) is 37.5 Å². The van der Waals surface area contributed by atoms with Crippen LogP contribution >= 0.6 is 11.3 Å². The highest BCUT2D eigenvalue weighted by Crippen LogP contribution is 2.32. The maximum atomic E-state index is 13.9. The summed E-state index contributed by atoms with van der Waals surface area (Å²) in [6.07, 6.45) is 5.54. The molecular weight excluding hydrogens is 460 g/mol. The summed E-state index contributed by atoms with van der Waals surface area (Å²) in [5.41, 5.74) is 1.34. The van der Waals surface area contributed by atoms with Gasteiger partial charge < -0.3 is 14.8 Å². The Morgan fingerprint density at radius 2 is 1.71 bits per heavy atom. The van der Waals surface area contributed by atoms with E-state index in [1.807, 2.05) is 66.0 Å². The minimum absolute atomic E-state index is 0.120. The molecule has 0 bridgehead atoms. The minimum Gasteiger partial charge on any atom is -0.497 e. The van der Waals surface area contributed by atoms with Gasteiger partial charge in [0.2, 0.25) is 11.8 Å². The van der Waals surface area contributed by atoms with Gasteiger partial charge in [0.05, 0.1) is 20.6 Å². The number of carbonyl (C=O) groups is 2. The highest BCUT2D eigenvalue weighted by atomic mass is 32.1. The van der Waals surface area contributed by atoms with Crippen molar-refractivity contribution >= 4 is 28.8 Å². The van der Waals surface area contributed by atoms with Crippen molar-refractivity contribution in [1.82, 2.24) is 5.32 Å². The van der Waals surface area contributed by atoms with Gasteiger partial charge in [0, 0.05) is 16.6 Å². The van der Waals surface area contributed by atoms with Crippen LogP contribution in [0.25, 0.3) is 0 Å². The number of nitrogens with zero attached hydrogens (tertiary/aromatic N) is 1. The molecule has 35 heavy (non-hydrogen) atoms. The number of hydrogen-bond donors (Lipinski definition) is 1. The maximum absolute atomic E-state index is 13.9. The number of rotatable bonds is 9. The lowest BCUT2D eigenvalue weighted by Crippen LogP contribution is -2.47. The van der Waals surface area contributed by atoms with Crippen molar-refractivity contribution in [2.75, 3.05) is 19.1 Å². The third kappa shape index (κ3) is 6.22. The smallest absolute Gasteiger partial charge is 0.248 e. The number of anilines is 1. The number of ether oxygens (including phenoxy) is 2. The third-order valence-corrected chi connectivity index (χ3v) is 7.27. The van der Waals surface area contributed by atoms with Crippen molar-refractivity contribution in [3.8, 4) is 11.5 Å². The molecule has 2 aromatic carbocycles. The molecule has 3 aromatic rings. The second kappa shape index (κ2) is 11.9. The molecule has 4 rings (SSSR count). The molecule has 1 saturated carbocycles. The first-order valence-corrected chi connectivity index (χ1v) is 12.9. The van der Waals surface area contributed by atoms with Gasteiger partial charge >= 0.3 is 0 Å². The van der Waals surface area contributed by atoms with Crippen LogP contribution in [-0.4, -0.2) is 32.1 Å². The number of hydrogen-bond acceptors (Lipinski definition) is 5. The third-order valence-electron chi connectivity index (χ3n) is 6.39. The molecule has 6 nitrogen and oxygen atoms in total. The maximum Gasteiger partial charge on any atom is 0.248 e. The summed E-state index contributed by atoms with van der Waals surface area (Å²) in [6, 6.07) is 17.8. The first-order valence-electron chi connectivity index (χ1n) is 12.0. The second-order valence-corrected chi connectivity index (χ2v) is 9.77. The summed E-state index contributed by atoms with van der Waals surface area (Å²) in [4.78, 5) is 30.3. The molecular formula is C28H32N2O4S. The molecule has 0 unspecified atom stereocenters. The molecule has 1 N–H and O–H groups in total. The van der Waals surface area contributed by atoms with E-state index in [0.29, 0.717) is 22.7 Å². The first kappa shape index (κ1) is 24.8. The molecule has 0 saturated heterocycles. The SMILES string of the molecule is COc1ccc(N(C(=O)Cc2cccs2)[C@H](C(=O)NC2CCCCC2)c2cccc(OC)c2)cc1. The standard InChI is InChI=1S/C28H32N2O4S/c1-33-23-15-13-22(14-16-23)30(26(31)19-25-12-7-17-35-25)27(20-8-6-11-24(18-20)34-2)28(32)29-21-9-4-3-5-10-21/h6-8,11-18,21,27H,3-5,9-10,19H2,1-2H3,(H,29,32)/t27-/m0/s1. The van der Waals surface area contributed by atoms with E-state index >= 15 is 0 Å². The number of thiophene rings is 1. The van der Waals surface area contributed by atoms with Crippen molar-refractivity contribution < 1.29 is 19.1 Å². The van der Waals surface area contributed by atoms with Crippen LogP contribution in [0.3, 0.4) is 0 Å². The molecule has 1 aliphatic rings. The van der Waals surface area contributed by atoms with Gasteiger partial charge in [-0.05, 0) is 66.2 Å². The molecule has 0 radical (unpaired) electrons. The summed E-state index contributed by atoms with van der Waals surface area (Å²) in [5, 5.41) is 5.20. The van der Waals surface area contributed by atoms with Crippen LogP contribution in [0.1, 0.15) is 48.6 Å². The van der Waals surface area contributed by atoms with Crippen molar-refractivity contribution in [2.45, 2.75) is 50.6 Å². The van der Waals surface area contributed by atoms with Crippen LogP contribution in [-0.2, 0) is 16.0 Å².